The quantitative estimate of drug-likeness (QED) is 0.606. The van der Waals surface area contributed by atoms with Crippen LogP contribution in [-0.2, 0) is 6.42 Å². The third kappa shape index (κ3) is 4.45. The highest BCUT2D eigenvalue weighted by Crippen LogP contribution is 2.25. The summed E-state index contributed by atoms with van der Waals surface area (Å²) >= 11 is 0. The van der Waals surface area contributed by atoms with Crippen LogP contribution in [0.2, 0.25) is 0 Å². The first-order chi connectivity index (χ1) is 10.4. The molecule has 2 rings (SSSR count). The van der Waals surface area contributed by atoms with Crippen LogP contribution in [0.25, 0.3) is 17.2 Å². The summed E-state index contributed by atoms with van der Waals surface area (Å²) in [6.07, 6.45) is -1.64. The molecule has 0 unspecified atom stereocenters. The van der Waals surface area contributed by atoms with Crippen LogP contribution in [0.4, 0.5) is 17.6 Å². The molecular weight excluding hydrogens is 292 g/mol. The first-order valence-corrected chi connectivity index (χ1v) is 7.04. The van der Waals surface area contributed by atoms with Crippen LogP contribution in [0, 0.1) is 5.82 Å². The van der Waals surface area contributed by atoms with Gasteiger partial charge in [0.05, 0.1) is 0 Å². The Hall–Kier alpha value is -2.10. The van der Waals surface area contributed by atoms with Crippen LogP contribution >= 0.6 is 0 Å². The van der Waals surface area contributed by atoms with Gasteiger partial charge < -0.3 is 0 Å². The molecule has 0 aliphatic heterocycles. The van der Waals surface area contributed by atoms with E-state index in [1.807, 2.05) is 24.3 Å². The van der Waals surface area contributed by atoms with Crippen molar-refractivity contribution in [3.63, 3.8) is 0 Å². The van der Waals surface area contributed by atoms with Gasteiger partial charge >= 0.3 is 6.18 Å². The van der Waals surface area contributed by atoms with Crippen LogP contribution in [0.5, 0.6) is 0 Å². The fourth-order valence-electron chi connectivity index (χ4n) is 2.18. The van der Waals surface area contributed by atoms with E-state index >= 15 is 0 Å². The monoisotopic (exact) mass is 308 g/mol. The smallest absolute Gasteiger partial charge is 0.206 e. The van der Waals surface area contributed by atoms with Crippen LogP contribution in [-0.4, -0.2) is 6.18 Å². The number of benzene rings is 2. The molecule has 0 aromatic heterocycles. The largest absolute Gasteiger partial charge is 0.409 e. The van der Waals surface area contributed by atoms with Gasteiger partial charge in [0.2, 0.25) is 0 Å². The molecule has 4 heteroatoms. The molecule has 0 bridgehead atoms. The highest BCUT2D eigenvalue weighted by atomic mass is 19.4. The molecule has 2 aromatic carbocycles. The minimum absolute atomic E-state index is 0.0324. The molecule has 0 fully saturated rings. The van der Waals surface area contributed by atoms with Crippen LogP contribution in [0.1, 0.15) is 24.5 Å². The summed E-state index contributed by atoms with van der Waals surface area (Å²) < 4.78 is 50.2. The molecule has 0 heterocycles. The van der Waals surface area contributed by atoms with Gasteiger partial charge in [-0.1, -0.05) is 49.7 Å². The van der Waals surface area contributed by atoms with E-state index in [2.05, 4.69) is 6.92 Å². The molecule has 0 spiro atoms. The van der Waals surface area contributed by atoms with Crippen LogP contribution < -0.4 is 0 Å². The van der Waals surface area contributed by atoms with Crippen LogP contribution in [0.3, 0.4) is 0 Å². The van der Waals surface area contributed by atoms with E-state index in [1.165, 1.54) is 17.7 Å². The number of rotatable bonds is 4. The van der Waals surface area contributed by atoms with Gasteiger partial charge in [0.25, 0.3) is 0 Å². The van der Waals surface area contributed by atoms with E-state index in [9.17, 15) is 17.6 Å². The minimum Gasteiger partial charge on any atom is -0.206 e. The second-order valence-electron chi connectivity index (χ2n) is 5.06. The van der Waals surface area contributed by atoms with Gasteiger partial charge in [-0.2, -0.15) is 13.2 Å². The van der Waals surface area contributed by atoms with E-state index in [0.717, 1.165) is 24.5 Å². The lowest BCUT2D eigenvalue weighted by Crippen LogP contribution is -2.00. The molecule has 0 N–H and O–H groups in total. The average molecular weight is 308 g/mol. The molecular formula is C18H16F4. The Kier molecular flexibility index (Phi) is 5.01. The Labute approximate surface area is 127 Å². The Morgan fingerprint density at radius 1 is 0.955 bits per heavy atom. The number of allylic oxidation sites excluding steroid dienone is 1. The van der Waals surface area contributed by atoms with Crippen molar-refractivity contribution in [1.82, 2.24) is 0 Å². The molecule has 0 saturated carbocycles. The van der Waals surface area contributed by atoms with Crippen molar-refractivity contribution >= 4 is 6.08 Å². The zero-order valence-corrected chi connectivity index (χ0v) is 12.1. The van der Waals surface area contributed by atoms with Crippen LogP contribution in [0.15, 0.2) is 48.5 Å². The third-order valence-electron chi connectivity index (χ3n) is 3.28. The number of alkyl halides is 3. The third-order valence-corrected chi connectivity index (χ3v) is 3.28. The van der Waals surface area contributed by atoms with Crippen molar-refractivity contribution in [1.29, 1.82) is 0 Å². The second kappa shape index (κ2) is 6.77. The first kappa shape index (κ1) is 16.3. The Morgan fingerprint density at radius 2 is 1.59 bits per heavy atom. The predicted octanol–water partition coefficient (Wildman–Crippen LogP) is 6.02. The summed E-state index contributed by atoms with van der Waals surface area (Å²) in [5, 5.41) is 0. The van der Waals surface area contributed by atoms with E-state index in [-0.39, 0.29) is 11.6 Å². The Bertz CT molecular complexity index is 652. The molecule has 2 aromatic rings. The SMILES string of the molecule is CCCc1ccc(-c2ccc(C=CC(F)(F)F)c(F)c2)cc1. The van der Waals surface area contributed by atoms with E-state index < -0.39 is 12.0 Å². The molecule has 116 valence electrons. The van der Waals surface area contributed by atoms with Crippen molar-refractivity contribution in [2.24, 2.45) is 0 Å². The van der Waals surface area contributed by atoms with Crippen molar-refractivity contribution in [3.8, 4) is 11.1 Å². The molecule has 0 amide bonds. The summed E-state index contributed by atoms with van der Waals surface area (Å²) in [5.41, 5.74) is 2.61. The maximum Gasteiger partial charge on any atom is 0.409 e. The number of halogens is 4. The van der Waals surface area contributed by atoms with Crippen molar-refractivity contribution < 1.29 is 17.6 Å². The van der Waals surface area contributed by atoms with Gasteiger partial charge in [0.1, 0.15) is 5.82 Å². The second-order valence-corrected chi connectivity index (χ2v) is 5.06. The predicted molar refractivity (Wildman–Crippen MR) is 80.9 cm³/mol. The molecule has 0 aliphatic rings. The summed E-state index contributed by atoms with van der Waals surface area (Å²) in [5.74, 6) is -0.671. The maximum absolute atomic E-state index is 13.9. The highest BCUT2D eigenvalue weighted by Gasteiger charge is 2.22. The lowest BCUT2D eigenvalue weighted by atomic mass is 10.0. The van der Waals surface area contributed by atoms with Gasteiger partial charge in [-0.15, -0.1) is 0 Å². The van der Waals surface area contributed by atoms with Gasteiger partial charge in [-0.05, 0) is 35.3 Å². The average Bonchev–Trinajstić information content (AvgIpc) is 2.46. The minimum atomic E-state index is -4.44. The summed E-state index contributed by atoms with van der Waals surface area (Å²) in [4.78, 5) is 0. The van der Waals surface area contributed by atoms with Gasteiger partial charge in [-0.3, -0.25) is 0 Å². The van der Waals surface area contributed by atoms with Gasteiger partial charge in [0, 0.05) is 11.6 Å². The van der Waals surface area contributed by atoms with Gasteiger partial charge in [0.15, 0.2) is 0 Å². The van der Waals surface area contributed by atoms with Crippen molar-refractivity contribution in [2.45, 2.75) is 25.9 Å². The standard InChI is InChI=1S/C18H16F4/c1-2-3-13-4-6-14(7-5-13)16-9-8-15(17(19)12-16)10-11-18(20,21)22/h4-12H,2-3H2,1H3. The highest BCUT2D eigenvalue weighted by molar-refractivity contribution is 5.66. The zero-order valence-electron chi connectivity index (χ0n) is 12.1. The molecule has 22 heavy (non-hydrogen) atoms. The molecule has 0 aliphatic carbocycles. The molecule has 0 radical (unpaired) electrons. The summed E-state index contributed by atoms with van der Waals surface area (Å²) in [7, 11) is 0. The summed E-state index contributed by atoms with van der Waals surface area (Å²) in [6, 6.07) is 12.0. The Balaban J connectivity index is 2.23. The number of hydrogen-bond donors (Lipinski definition) is 0. The van der Waals surface area contributed by atoms with Crippen molar-refractivity contribution in [2.75, 3.05) is 0 Å². The van der Waals surface area contributed by atoms with Gasteiger partial charge in [-0.25, -0.2) is 4.39 Å². The number of hydrogen-bond acceptors (Lipinski definition) is 0. The zero-order chi connectivity index (χ0) is 16.2. The lowest BCUT2D eigenvalue weighted by Gasteiger charge is -2.06. The van der Waals surface area contributed by atoms with E-state index in [0.29, 0.717) is 5.56 Å². The number of aryl methyl sites for hydroxylation is 1. The van der Waals surface area contributed by atoms with E-state index in [1.54, 1.807) is 6.07 Å². The molecule has 0 atom stereocenters. The topological polar surface area (TPSA) is 0 Å². The fraction of sp³-hybridized carbons (Fsp3) is 0.222. The van der Waals surface area contributed by atoms with E-state index in [4.69, 9.17) is 0 Å². The normalized spacial score (nSPS) is 12.0. The summed E-state index contributed by atoms with van der Waals surface area (Å²) in [6.45, 7) is 2.09. The first-order valence-electron chi connectivity index (χ1n) is 7.04. The Morgan fingerprint density at radius 3 is 2.14 bits per heavy atom. The fourth-order valence-corrected chi connectivity index (χ4v) is 2.18. The van der Waals surface area contributed by atoms with Crippen molar-refractivity contribution in [3.05, 3.63) is 65.5 Å². The molecule has 0 nitrogen and oxygen atoms in total. The molecule has 0 saturated heterocycles. The maximum atomic E-state index is 13.9. The lowest BCUT2D eigenvalue weighted by molar-refractivity contribution is -0.0790.